The van der Waals surface area contributed by atoms with Crippen molar-refractivity contribution in [2.45, 2.75) is 13.3 Å². The summed E-state index contributed by atoms with van der Waals surface area (Å²) in [6.45, 7) is 2.96. The lowest BCUT2D eigenvalue weighted by molar-refractivity contribution is 0.0953. The third kappa shape index (κ3) is 6.65. The summed E-state index contributed by atoms with van der Waals surface area (Å²) in [5, 5.41) is 8.61. The number of amides is 2. The number of para-hydroxylation sites is 1. The molecule has 3 N–H and O–H groups in total. The minimum Gasteiger partial charge on any atom is -0.494 e. The Morgan fingerprint density at radius 1 is 0.875 bits per heavy atom. The number of benzene rings is 3. The van der Waals surface area contributed by atoms with Crippen molar-refractivity contribution < 1.29 is 14.3 Å². The molecule has 32 heavy (non-hydrogen) atoms. The molecule has 0 heterocycles. The lowest BCUT2D eigenvalue weighted by Gasteiger charge is -2.14. The van der Waals surface area contributed by atoms with Gasteiger partial charge in [0.05, 0.1) is 17.9 Å². The van der Waals surface area contributed by atoms with E-state index in [-0.39, 0.29) is 16.9 Å². The molecule has 0 aliphatic rings. The fourth-order valence-corrected chi connectivity index (χ4v) is 3.25. The first-order valence-corrected chi connectivity index (χ1v) is 10.7. The van der Waals surface area contributed by atoms with Crippen LogP contribution in [-0.4, -0.2) is 30.1 Å². The van der Waals surface area contributed by atoms with Gasteiger partial charge >= 0.3 is 0 Å². The summed E-state index contributed by atoms with van der Waals surface area (Å²) in [4.78, 5) is 25.1. The maximum atomic E-state index is 12.7. The van der Waals surface area contributed by atoms with Crippen LogP contribution < -0.4 is 20.7 Å². The van der Waals surface area contributed by atoms with Gasteiger partial charge in [-0.25, -0.2) is 0 Å². The Balaban J connectivity index is 1.56. The van der Waals surface area contributed by atoms with E-state index in [1.165, 1.54) is 0 Å². The summed E-state index contributed by atoms with van der Waals surface area (Å²) in [6.07, 6.45) is 0.735. The van der Waals surface area contributed by atoms with Crippen LogP contribution in [0, 0.1) is 0 Å². The summed E-state index contributed by atoms with van der Waals surface area (Å²) in [5.41, 5.74) is 2.56. The average Bonchev–Trinajstić information content (AvgIpc) is 2.80. The van der Waals surface area contributed by atoms with Gasteiger partial charge in [-0.2, -0.15) is 0 Å². The normalized spacial score (nSPS) is 10.2. The second kappa shape index (κ2) is 11.6. The van der Waals surface area contributed by atoms with Crippen LogP contribution in [0.3, 0.4) is 0 Å². The molecule has 3 aromatic rings. The highest BCUT2D eigenvalue weighted by Gasteiger charge is 2.13. The maximum absolute atomic E-state index is 12.7. The Morgan fingerprint density at radius 2 is 1.56 bits per heavy atom. The number of thiocarbonyl (C=S) groups is 1. The number of rotatable bonds is 8. The Hall–Kier alpha value is -3.71. The van der Waals surface area contributed by atoms with Crippen LogP contribution in [0.1, 0.15) is 33.2 Å². The first-order chi connectivity index (χ1) is 15.6. The Labute approximate surface area is 193 Å². The van der Waals surface area contributed by atoms with E-state index in [9.17, 15) is 9.59 Å². The largest absolute Gasteiger partial charge is 0.494 e. The molecule has 0 unspecified atom stereocenters. The topological polar surface area (TPSA) is 79.5 Å². The van der Waals surface area contributed by atoms with E-state index in [1.54, 1.807) is 48.5 Å². The van der Waals surface area contributed by atoms with Gasteiger partial charge < -0.3 is 15.4 Å². The van der Waals surface area contributed by atoms with Crippen molar-refractivity contribution in [1.29, 1.82) is 0 Å². The first-order valence-electron chi connectivity index (χ1n) is 10.3. The second-order valence-corrected chi connectivity index (χ2v) is 7.31. The van der Waals surface area contributed by atoms with E-state index in [2.05, 4.69) is 16.0 Å². The Kier molecular flexibility index (Phi) is 8.34. The molecule has 7 heteroatoms. The van der Waals surface area contributed by atoms with Crippen LogP contribution in [0.5, 0.6) is 5.75 Å². The predicted octanol–water partition coefficient (Wildman–Crippen LogP) is 4.18. The van der Waals surface area contributed by atoms with E-state index in [0.29, 0.717) is 35.7 Å². The third-order valence-corrected chi connectivity index (χ3v) is 4.82. The summed E-state index contributed by atoms with van der Waals surface area (Å²) in [6, 6.07) is 23.7. The molecule has 164 valence electrons. The molecule has 0 saturated carbocycles. The van der Waals surface area contributed by atoms with Crippen LogP contribution in [0.2, 0.25) is 0 Å². The van der Waals surface area contributed by atoms with Crippen LogP contribution in [0.25, 0.3) is 0 Å². The zero-order valence-electron chi connectivity index (χ0n) is 17.8. The minimum atomic E-state index is -0.352. The van der Waals surface area contributed by atoms with Gasteiger partial charge in [-0.15, -0.1) is 0 Å². The number of hydrogen-bond donors (Lipinski definition) is 3. The molecule has 3 aromatic carbocycles. The summed E-state index contributed by atoms with van der Waals surface area (Å²) < 4.78 is 5.38. The zero-order chi connectivity index (χ0) is 22.8. The van der Waals surface area contributed by atoms with Gasteiger partial charge in [-0.3, -0.25) is 14.9 Å². The number of anilines is 1. The maximum Gasteiger partial charge on any atom is 0.257 e. The lowest BCUT2D eigenvalue weighted by atomic mass is 10.1. The van der Waals surface area contributed by atoms with Crippen molar-refractivity contribution in [1.82, 2.24) is 10.6 Å². The highest BCUT2D eigenvalue weighted by atomic mass is 32.1. The number of nitrogens with one attached hydrogen (secondary N) is 3. The van der Waals surface area contributed by atoms with Crippen LogP contribution in [0.4, 0.5) is 5.69 Å². The molecular weight excluding hydrogens is 422 g/mol. The summed E-state index contributed by atoms with van der Waals surface area (Å²) in [7, 11) is 0. The Bertz CT molecular complexity index is 1070. The molecule has 3 rings (SSSR count). The first kappa shape index (κ1) is 23.0. The molecule has 2 amide bonds. The zero-order valence-corrected chi connectivity index (χ0v) is 18.6. The van der Waals surface area contributed by atoms with E-state index >= 15 is 0 Å². The second-order valence-electron chi connectivity index (χ2n) is 6.90. The van der Waals surface area contributed by atoms with Gasteiger partial charge in [0.2, 0.25) is 0 Å². The molecular formula is C25H25N3O3S. The van der Waals surface area contributed by atoms with Gasteiger partial charge in [-0.1, -0.05) is 42.5 Å². The van der Waals surface area contributed by atoms with Crippen molar-refractivity contribution in [3.63, 3.8) is 0 Å². The van der Waals surface area contributed by atoms with E-state index in [1.807, 2.05) is 37.3 Å². The Morgan fingerprint density at radius 3 is 2.28 bits per heavy atom. The van der Waals surface area contributed by atoms with Crippen LogP contribution >= 0.6 is 12.2 Å². The molecule has 6 nitrogen and oxygen atoms in total. The predicted molar refractivity (Wildman–Crippen MR) is 130 cm³/mol. The van der Waals surface area contributed by atoms with Crippen molar-refractivity contribution in [3.8, 4) is 5.75 Å². The molecule has 0 aliphatic heterocycles. The molecule has 0 saturated heterocycles. The number of ether oxygens (including phenoxy) is 1. The summed E-state index contributed by atoms with van der Waals surface area (Å²) >= 11 is 5.28. The van der Waals surface area contributed by atoms with E-state index in [4.69, 9.17) is 17.0 Å². The van der Waals surface area contributed by atoms with Crippen molar-refractivity contribution >= 4 is 34.8 Å². The molecule has 0 fully saturated rings. The molecule has 0 atom stereocenters. The summed E-state index contributed by atoms with van der Waals surface area (Å²) in [5.74, 6) is 0.122. The minimum absolute atomic E-state index is 0.105. The highest BCUT2D eigenvalue weighted by Crippen LogP contribution is 2.16. The van der Waals surface area contributed by atoms with Gasteiger partial charge in [0.1, 0.15) is 5.75 Å². The number of carbonyl (C=O) groups is 2. The highest BCUT2D eigenvalue weighted by molar-refractivity contribution is 7.80. The number of hydrogen-bond acceptors (Lipinski definition) is 4. The quantitative estimate of drug-likeness (QED) is 0.452. The standard InChI is InChI=1S/C25H25N3O3S/c1-2-31-20-14-12-19(13-15-20)23(29)28-25(32)27-22-11-7-6-10-21(22)24(30)26-17-16-18-8-4-3-5-9-18/h3-15H,2,16-17H2,1H3,(H,26,30)(H2,27,28,29,32). The van der Waals surface area contributed by atoms with Crippen molar-refractivity contribution in [3.05, 3.63) is 95.6 Å². The van der Waals surface area contributed by atoms with E-state index < -0.39 is 0 Å². The smallest absolute Gasteiger partial charge is 0.257 e. The fourth-order valence-electron chi connectivity index (χ4n) is 3.05. The molecule has 0 aliphatic carbocycles. The fraction of sp³-hybridized carbons (Fsp3) is 0.160. The lowest BCUT2D eigenvalue weighted by Crippen LogP contribution is -2.35. The molecule has 0 aromatic heterocycles. The van der Waals surface area contributed by atoms with Gasteiger partial charge in [0.25, 0.3) is 11.8 Å². The number of carbonyl (C=O) groups excluding carboxylic acids is 2. The average molecular weight is 448 g/mol. The van der Waals surface area contributed by atoms with Crippen LogP contribution in [-0.2, 0) is 6.42 Å². The monoisotopic (exact) mass is 447 g/mol. The molecule has 0 spiro atoms. The van der Waals surface area contributed by atoms with Crippen LogP contribution in [0.15, 0.2) is 78.9 Å². The van der Waals surface area contributed by atoms with Crippen molar-refractivity contribution in [2.24, 2.45) is 0 Å². The van der Waals surface area contributed by atoms with Gasteiger partial charge in [0, 0.05) is 12.1 Å². The SMILES string of the molecule is CCOc1ccc(C(=O)NC(=S)Nc2ccccc2C(=O)NCCc2ccccc2)cc1. The third-order valence-electron chi connectivity index (χ3n) is 4.62. The van der Waals surface area contributed by atoms with Crippen molar-refractivity contribution in [2.75, 3.05) is 18.5 Å². The van der Waals surface area contributed by atoms with Gasteiger partial charge in [0.15, 0.2) is 5.11 Å². The van der Waals surface area contributed by atoms with Gasteiger partial charge in [-0.05, 0) is 67.5 Å². The molecule has 0 radical (unpaired) electrons. The van der Waals surface area contributed by atoms with E-state index in [0.717, 1.165) is 12.0 Å². The molecule has 0 bridgehead atoms.